The lowest BCUT2D eigenvalue weighted by atomic mass is 9.96. The first-order chi connectivity index (χ1) is 15.0. The van der Waals surface area contributed by atoms with E-state index in [0.29, 0.717) is 20.6 Å². The number of Topliss-reactive ketones (excluding diaryl/α,β-unsaturated/α-hetero) is 1. The number of esters is 1. The summed E-state index contributed by atoms with van der Waals surface area (Å²) in [5.74, 6) is -0.166. The Hall–Kier alpha value is -2.43. The van der Waals surface area contributed by atoms with E-state index in [2.05, 4.69) is 5.32 Å². The third-order valence-electron chi connectivity index (χ3n) is 4.21. The molecular formula is C23H26INO6. The highest BCUT2D eigenvalue weighted by molar-refractivity contribution is 14.1. The molecule has 8 heteroatoms. The van der Waals surface area contributed by atoms with Crippen molar-refractivity contribution in [2.75, 3.05) is 39.5 Å². The van der Waals surface area contributed by atoms with Gasteiger partial charge < -0.3 is 24.3 Å². The predicted octanol–water partition coefficient (Wildman–Crippen LogP) is 4.23. The third-order valence-corrected chi connectivity index (χ3v) is 5.11. The number of methoxy groups -OCH3 is 2. The van der Waals surface area contributed by atoms with Gasteiger partial charge in [-0.1, -0.05) is 30.3 Å². The second-order valence-electron chi connectivity index (χ2n) is 6.33. The zero-order chi connectivity index (χ0) is 22.6. The molecule has 0 radical (unpaired) electrons. The Labute approximate surface area is 195 Å². The first-order valence-electron chi connectivity index (χ1n) is 9.64. The Bertz CT molecular complexity index is 883. The van der Waals surface area contributed by atoms with Gasteiger partial charge in [0.25, 0.3) is 0 Å². The van der Waals surface area contributed by atoms with E-state index in [1.165, 1.54) is 7.11 Å². The van der Waals surface area contributed by atoms with Crippen LogP contribution in [0.15, 0.2) is 63.8 Å². The number of benzene rings is 2. The molecule has 0 aliphatic heterocycles. The first-order valence-corrected chi connectivity index (χ1v) is 10.7. The van der Waals surface area contributed by atoms with Gasteiger partial charge in [-0.05, 0) is 53.8 Å². The van der Waals surface area contributed by atoms with Crippen molar-refractivity contribution in [2.24, 2.45) is 0 Å². The summed E-state index contributed by atoms with van der Waals surface area (Å²) in [4.78, 5) is 26.4. The van der Waals surface area contributed by atoms with Gasteiger partial charge in [-0.3, -0.25) is 4.79 Å². The van der Waals surface area contributed by atoms with E-state index in [9.17, 15) is 9.59 Å². The molecule has 0 aliphatic carbocycles. The van der Waals surface area contributed by atoms with Crippen molar-refractivity contribution < 1.29 is 28.5 Å². The van der Waals surface area contributed by atoms with Gasteiger partial charge in [0.2, 0.25) is 0 Å². The fourth-order valence-electron chi connectivity index (χ4n) is 2.78. The molecule has 1 N–H and O–H groups in total. The Kier molecular flexibility index (Phi) is 10.5. The molecule has 0 bridgehead atoms. The minimum atomic E-state index is -1.03. The highest BCUT2D eigenvalue weighted by atomic mass is 127. The Morgan fingerprint density at radius 1 is 1.03 bits per heavy atom. The van der Waals surface area contributed by atoms with Crippen LogP contribution in [0.25, 0.3) is 0 Å². The molecule has 166 valence electrons. The minimum Gasteiger partial charge on any atom is -0.497 e. The molecule has 0 saturated carbocycles. The molecule has 31 heavy (non-hydrogen) atoms. The number of hydrogen-bond acceptors (Lipinski definition) is 7. The van der Waals surface area contributed by atoms with Crippen LogP contribution in [0.4, 0.5) is 5.69 Å². The summed E-state index contributed by atoms with van der Waals surface area (Å²) < 4.78 is 21.4. The van der Waals surface area contributed by atoms with Gasteiger partial charge in [-0.25, -0.2) is 4.79 Å². The normalized spacial score (nSPS) is 12.5. The molecular weight excluding hydrogens is 513 g/mol. The fourth-order valence-corrected chi connectivity index (χ4v) is 3.55. The molecule has 0 amide bonds. The molecule has 2 aromatic rings. The summed E-state index contributed by atoms with van der Waals surface area (Å²) >= 11 is 2.03. The van der Waals surface area contributed by atoms with Crippen molar-refractivity contribution in [3.05, 3.63) is 69.3 Å². The molecule has 7 nitrogen and oxygen atoms in total. The number of anilines is 1. The highest BCUT2D eigenvalue weighted by Gasteiger charge is 2.32. The maximum absolute atomic E-state index is 13.4. The molecule has 2 rings (SSSR count). The average molecular weight is 539 g/mol. The quantitative estimate of drug-likeness (QED) is 0.108. The third kappa shape index (κ3) is 7.34. The molecule has 0 saturated heterocycles. The standard InChI is InChI=1S/C23H26INO6/c1-4-31-23(27)21(25-17-10-12-18(29-3)13-11-17)20(19(24)14-30-15-28-2)22(26)16-8-6-5-7-9-16/h5-13,21,25H,4,14-15H2,1-3H3/b20-19-. The topological polar surface area (TPSA) is 83.1 Å². The summed E-state index contributed by atoms with van der Waals surface area (Å²) in [5.41, 5.74) is 1.36. The molecule has 1 atom stereocenters. The smallest absolute Gasteiger partial charge is 0.333 e. The lowest BCUT2D eigenvalue weighted by Crippen LogP contribution is -2.37. The molecule has 2 aromatic carbocycles. The summed E-state index contributed by atoms with van der Waals surface area (Å²) in [6.07, 6.45) is 0. The van der Waals surface area contributed by atoms with E-state index in [-0.39, 0.29) is 31.4 Å². The average Bonchev–Trinajstić information content (AvgIpc) is 2.80. The van der Waals surface area contributed by atoms with Gasteiger partial charge in [-0.2, -0.15) is 0 Å². The van der Waals surface area contributed by atoms with Crippen LogP contribution in [0, 0.1) is 0 Å². The summed E-state index contributed by atoms with van der Waals surface area (Å²) in [5, 5.41) is 3.14. The second-order valence-corrected chi connectivity index (χ2v) is 7.63. The van der Waals surface area contributed by atoms with Crippen molar-refractivity contribution in [1.82, 2.24) is 0 Å². The molecule has 1 unspecified atom stereocenters. The zero-order valence-electron chi connectivity index (χ0n) is 17.7. The number of ether oxygens (including phenoxy) is 4. The summed E-state index contributed by atoms with van der Waals surface area (Å²) in [6, 6.07) is 14.8. The number of nitrogens with one attached hydrogen (secondary N) is 1. The van der Waals surface area contributed by atoms with E-state index < -0.39 is 12.0 Å². The van der Waals surface area contributed by atoms with Gasteiger partial charge in [0, 0.05) is 27.5 Å². The van der Waals surface area contributed by atoms with Crippen molar-refractivity contribution in [3.8, 4) is 5.75 Å². The lowest BCUT2D eigenvalue weighted by Gasteiger charge is -2.22. The van der Waals surface area contributed by atoms with E-state index >= 15 is 0 Å². The van der Waals surface area contributed by atoms with Crippen molar-refractivity contribution in [1.29, 1.82) is 0 Å². The van der Waals surface area contributed by atoms with Gasteiger partial charge in [-0.15, -0.1) is 0 Å². The zero-order valence-corrected chi connectivity index (χ0v) is 19.9. The van der Waals surface area contributed by atoms with Crippen LogP contribution in [-0.4, -0.2) is 52.0 Å². The van der Waals surface area contributed by atoms with Gasteiger partial charge in [0.1, 0.15) is 12.5 Å². The molecule has 0 aliphatic rings. The summed E-state index contributed by atoms with van der Waals surface area (Å²) in [6.45, 7) is 2.08. The van der Waals surface area contributed by atoms with Crippen LogP contribution < -0.4 is 10.1 Å². The van der Waals surface area contributed by atoms with Crippen molar-refractivity contribution >= 4 is 40.0 Å². The number of ketones is 1. The largest absolute Gasteiger partial charge is 0.497 e. The molecule has 0 heterocycles. The molecule has 0 fully saturated rings. The maximum atomic E-state index is 13.4. The Morgan fingerprint density at radius 2 is 1.71 bits per heavy atom. The maximum Gasteiger partial charge on any atom is 0.333 e. The highest BCUT2D eigenvalue weighted by Crippen LogP contribution is 2.26. The number of rotatable bonds is 12. The SMILES string of the molecule is CCOC(=O)C(Nc1ccc(OC)cc1)/C(C(=O)c1ccccc1)=C(/I)COCOC. The van der Waals surface area contributed by atoms with Crippen LogP contribution in [0.1, 0.15) is 17.3 Å². The van der Waals surface area contributed by atoms with E-state index in [0.717, 1.165) is 0 Å². The fraction of sp³-hybridized carbons (Fsp3) is 0.304. The number of hydrogen-bond donors (Lipinski definition) is 1. The first kappa shape index (κ1) is 24.8. The van der Waals surface area contributed by atoms with Crippen LogP contribution in [0.5, 0.6) is 5.75 Å². The van der Waals surface area contributed by atoms with Gasteiger partial charge in [0.15, 0.2) is 11.8 Å². The number of carbonyl (C=O) groups excluding carboxylic acids is 2. The van der Waals surface area contributed by atoms with Crippen molar-refractivity contribution in [3.63, 3.8) is 0 Å². The predicted molar refractivity (Wildman–Crippen MR) is 127 cm³/mol. The lowest BCUT2D eigenvalue weighted by molar-refractivity contribution is -0.143. The second kappa shape index (κ2) is 13.1. The van der Waals surface area contributed by atoms with E-state index in [4.69, 9.17) is 18.9 Å². The number of carbonyl (C=O) groups is 2. The Morgan fingerprint density at radius 3 is 2.29 bits per heavy atom. The molecule has 0 aromatic heterocycles. The van der Waals surface area contributed by atoms with Gasteiger partial charge >= 0.3 is 5.97 Å². The van der Waals surface area contributed by atoms with Crippen LogP contribution in [0.3, 0.4) is 0 Å². The molecule has 0 spiro atoms. The van der Waals surface area contributed by atoms with Gasteiger partial charge in [0.05, 0.1) is 20.3 Å². The van der Waals surface area contributed by atoms with E-state index in [1.54, 1.807) is 62.6 Å². The van der Waals surface area contributed by atoms with Crippen molar-refractivity contribution in [2.45, 2.75) is 13.0 Å². The monoisotopic (exact) mass is 539 g/mol. The Balaban J connectivity index is 2.48. The minimum absolute atomic E-state index is 0.0648. The van der Waals surface area contributed by atoms with E-state index in [1.807, 2.05) is 28.7 Å². The number of halogens is 1. The van der Waals surface area contributed by atoms with Crippen LogP contribution in [0.2, 0.25) is 0 Å². The van der Waals surface area contributed by atoms with Crippen LogP contribution in [-0.2, 0) is 19.0 Å². The summed E-state index contributed by atoms with van der Waals surface area (Å²) in [7, 11) is 3.09. The van der Waals surface area contributed by atoms with Crippen LogP contribution >= 0.6 is 22.6 Å².